The largest absolute Gasteiger partial charge is 0.351 e. The molecular weight excluding hydrogens is 281 g/mol. The average Bonchev–Trinajstić information content (AvgIpc) is 2.50. The predicted molar refractivity (Wildman–Crippen MR) is 85.7 cm³/mol. The number of anilines is 1. The zero-order valence-corrected chi connectivity index (χ0v) is 13.4. The summed E-state index contributed by atoms with van der Waals surface area (Å²) in [7, 11) is 2.09. The van der Waals surface area contributed by atoms with Crippen LogP contribution in [0.3, 0.4) is 0 Å². The van der Waals surface area contributed by atoms with Gasteiger partial charge in [0.2, 0.25) is 0 Å². The Morgan fingerprint density at radius 2 is 1.91 bits per heavy atom. The van der Waals surface area contributed by atoms with Crippen LogP contribution >= 0.6 is 0 Å². The molecule has 118 valence electrons. The van der Waals surface area contributed by atoms with Gasteiger partial charge in [-0.05, 0) is 32.5 Å². The van der Waals surface area contributed by atoms with Gasteiger partial charge in [0, 0.05) is 38.8 Å². The van der Waals surface area contributed by atoms with E-state index in [0.717, 1.165) is 31.7 Å². The van der Waals surface area contributed by atoms with Crippen molar-refractivity contribution in [3.63, 3.8) is 0 Å². The SMILES string of the molecule is CCn1c(=N)c(N2CCN(C)CC2)nc2cc(F)c(C)cc21. The quantitative estimate of drug-likeness (QED) is 0.919. The number of fused-ring (bicyclic) bond motifs is 1. The summed E-state index contributed by atoms with van der Waals surface area (Å²) in [6, 6.07) is 3.27. The minimum Gasteiger partial charge on any atom is -0.351 e. The maximum atomic E-state index is 13.9. The van der Waals surface area contributed by atoms with Gasteiger partial charge >= 0.3 is 0 Å². The molecule has 1 N–H and O–H groups in total. The molecule has 0 radical (unpaired) electrons. The summed E-state index contributed by atoms with van der Waals surface area (Å²) in [6.07, 6.45) is 0. The zero-order chi connectivity index (χ0) is 15.9. The number of benzene rings is 1. The normalized spacial score (nSPS) is 16.5. The molecule has 1 aromatic carbocycles. The second-order valence-corrected chi connectivity index (χ2v) is 5.91. The van der Waals surface area contributed by atoms with Crippen molar-refractivity contribution in [2.24, 2.45) is 0 Å². The summed E-state index contributed by atoms with van der Waals surface area (Å²) in [4.78, 5) is 8.99. The third kappa shape index (κ3) is 2.47. The lowest BCUT2D eigenvalue weighted by Crippen LogP contribution is -2.47. The monoisotopic (exact) mass is 303 g/mol. The van der Waals surface area contributed by atoms with Crippen LogP contribution in [0.5, 0.6) is 0 Å². The van der Waals surface area contributed by atoms with Crippen LogP contribution in [0.2, 0.25) is 0 Å². The van der Waals surface area contributed by atoms with Crippen LogP contribution in [-0.4, -0.2) is 47.7 Å². The summed E-state index contributed by atoms with van der Waals surface area (Å²) < 4.78 is 15.8. The first-order chi connectivity index (χ1) is 10.5. The number of aromatic nitrogens is 2. The fraction of sp³-hybridized carbons (Fsp3) is 0.500. The van der Waals surface area contributed by atoms with Gasteiger partial charge in [0.15, 0.2) is 11.3 Å². The van der Waals surface area contributed by atoms with E-state index in [1.165, 1.54) is 6.07 Å². The fourth-order valence-electron chi connectivity index (χ4n) is 2.94. The molecule has 0 unspecified atom stereocenters. The molecule has 0 saturated carbocycles. The molecule has 2 aromatic rings. The molecule has 1 fully saturated rings. The fourth-order valence-corrected chi connectivity index (χ4v) is 2.94. The minimum atomic E-state index is -0.246. The highest BCUT2D eigenvalue weighted by Gasteiger charge is 2.19. The lowest BCUT2D eigenvalue weighted by atomic mass is 10.2. The summed E-state index contributed by atoms with van der Waals surface area (Å²) in [5.41, 5.74) is 2.44. The van der Waals surface area contributed by atoms with Crippen LogP contribution in [0, 0.1) is 18.2 Å². The van der Waals surface area contributed by atoms with E-state index in [-0.39, 0.29) is 5.82 Å². The van der Waals surface area contributed by atoms with Crippen LogP contribution < -0.4 is 10.4 Å². The molecular formula is C16H22FN5. The summed E-state index contributed by atoms with van der Waals surface area (Å²) in [6.45, 7) is 8.01. The minimum absolute atomic E-state index is 0.246. The van der Waals surface area contributed by atoms with Gasteiger partial charge < -0.3 is 14.4 Å². The third-order valence-corrected chi connectivity index (χ3v) is 4.37. The van der Waals surface area contributed by atoms with Gasteiger partial charge in [-0.2, -0.15) is 0 Å². The van der Waals surface area contributed by atoms with E-state index >= 15 is 0 Å². The molecule has 5 nitrogen and oxygen atoms in total. The van der Waals surface area contributed by atoms with E-state index < -0.39 is 0 Å². The molecule has 2 heterocycles. The van der Waals surface area contributed by atoms with Gasteiger partial charge in [0.25, 0.3) is 0 Å². The Balaban J connectivity index is 2.17. The number of halogens is 1. The number of piperazine rings is 1. The Bertz CT molecular complexity index is 759. The van der Waals surface area contributed by atoms with E-state index in [9.17, 15) is 4.39 Å². The van der Waals surface area contributed by atoms with Crippen molar-refractivity contribution in [1.82, 2.24) is 14.5 Å². The number of likely N-dealkylation sites (N-methyl/N-ethyl adjacent to an activating group) is 1. The van der Waals surface area contributed by atoms with Crippen molar-refractivity contribution >= 4 is 16.9 Å². The second kappa shape index (κ2) is 5.68. The van der Waals surface area contributed by atoms with Crippen LogP contribution in [-0.2, 0) is 6.54 Å². The number of nitrogens with zero attached hydrogens (tertiary/aromatic N) is 4. The van der Waals surface area contributed by atoms with Crippen molar-refractivity contribution < 1.29 is 4.39 Å². The van der Waals surface area contributed by atoms with Crippen molar-refractivity contribution in [3.8, 4) is 0 Å². The molecule has 0 atom stereocenters. The first-order valence-electron chi connectivity index (χ1n) is 7.70. The average molecular weight is 303 g/mol. The van der Waals surface area contributed by atoms with E-state index in [1.807, 2.05) is 11.5 Å². The maximum Gasteiger partial charge on any atom is 0.172 e. The summed E-state index contributed by atoms with van der Waals surface area (Å²) in [5, 5.41) is 8.49. The zero-order valence-electron chi connectivity index (χ0n) is 13.4. The van der Waals surface area contributed by atoms with Gasteiger partial charge in [-0.15, -0.1) is 0 Å². The van der Waals surface area contributed by atoms with Crippen molar-refractivity contribution in [2.75, 3.05) is 38.1 Å². The third-order valence-electron chi connectivity index (χ3n) is 4.37. The summed E-state index contributed by atoms with van der Waals surface area (Å²) in [5.74, 6) is 0.412. The molecule has 22 heavy (non-hydrogen) atoms. The molecule has 6 heteroatoms. The predicted octanol–water partition coefficient (Wildman–Crippen LogP) is 1.73. The van der Waals surface area contributed by atoms with E-state index in [1.54, 1.807) is 13.0 Å². The molecule has 1 aliphatic rings. The molecule has 1 saturated heterocycles. The molecule has 0 bridgehead atoms. The van der Waals surface area contributed by atoms with Crippen molar-refractivity contribution in [3.05, 3.63) is 29.0 Å². The number of nitrogens with one attached hydrogen (secondary N) is 1. The first-order valence-corrected chi connectivity index (χ1v) is 7.70. The highest BCUT2D eigenvalue weighted by atomic mass is 19.1. The van der Waals surface area contributed by atoms with Crippen molar-refractivity contribution in [2.45, 2.75) is 20.4 Å². The van der Waals surface area contributed by atoms with Gasteiger partial charge in [0.1, 0.15) is 5.82 Å². The van der Waals surface area contributed by atoms with Gasteiger partial charge in [0.05, 0.1) is 11.0 Å². The Hall–Kier alpha value is -1.95. The van der Waals surface area contributed by atoms with Crippen LogP contribution in [0.15, 0.2) is 12.1 Å². The van der Waals surface area contributed by atoms with Crippen LogP contribution in [0.25, 0.3) is 11.0 Å². The molecule has 3 rings (SSSR count). The number of rotatable bonds is 2. The van der Waals surface area contributed by atoms with Crippen LogP contribution in [0.1, 0.15) is 12.5 Å². The smallest absolute Gasteiger partial charge is 0.172 e. The Morgan fingerprint density at radius 3 is 2.55 bits per heavy atom. The Labute approximate surface area is 129 Å². The van der Waals surface area contributed by atoms with Crippen molar-refractivity contribution in [1.29, 1.82) is 5.41 Å². The topological polar surface area (TPSA) is 48.2 Å². The van der Waals surface area contributed by atoms with E-state index in [2.05, 4.69) is 21.8 Å². The molecule has 0 spiro atoms. The lowest BCUT2D eigenvalue weighted by molar-refractivity contribution is 0.311. The Morgan fingerprint density at radius 1 is 1.23 bits per heavy atom. The highest BCUT2D eigenvalue weighted by molar-refractivity contribution is 5.77. The van der Waals surface area contributed by atoms with Crippen LogP contribution in [0.4, 0.5) is 10.2 Å². The van der Waals surface area contributed by atoms with Gasteiger partial charge in [-0.25, -0.2) is 9.37 Å². The van der Waals surface area contributed by atoms with E-state index in [4.69, 9.17) is 5.41 Å². The number of hydrogen-bond acceptors (Lipinski definition) is 4. The Kier molecular flexibility index (Phi) is 3.87. The maximum absolute atomic E-state index is 13.9. The second-order valence-electron chi connectivity index (χ2n) is 5.91. The van der Waals surface area contributed by atoms with E-state index in [0.29, 0.717) is 28.9 Å². The lowest BCUT2D eigenvalue weighted by Gasteiger charge is -2.33. The van der Waals surface area contributed by atoms with Gasteiger partial charge in [-0.3, -0.25) is 5.41 Å². The first kappa shape index (κ1) is 15.0. The molecule has 0 amide bonds. The summed E-state index contributed by atoms with van der Waals surface area (Å²) >= 11 is 0. The molecule has 1 aromatic heterocycles. The molecule has 0 aliphatic carbocycles. The number of aryl methyl sites for hydroxylation is 2. The number of hydrogen-bond donors (Lipinski definition) is 1. The highest BCUT2D eigenvalue weighted by Crippen LogP contribution is 2.19. The standard InChI is InChI=1S/C16H22FN5/c1-4-22-14-9-11(2)12(17)10-13(14)19-16(15(22)18)21-7-5-20(3)6-8-21/h9-10,18H,4-8H2,1-3H3. The van der Waals surface area contributed by atoms with Gasteiger partial charge in [-0.1, -0.05) is 0 Å². The molecule has 1 aliphatic heterocycles.